The maximum absolute atomic E-state index is 8.76. The van der Waals surface area contributed by atoms with Crippen molar-refractivity contribution in [1.82, 2.24) is 15.0 Å². The van der Waals surface area contributed by atoms with Crippen molar-refractivity contribution in [2.75, 3.05) is 30.3 Å². The van der Waals surface area contributed by atoms with Crippen molar-refractivity contribution in [3.05, 3.63) is 0 Å². The van der Waals surface area contributed by atoms with Gasteiger partial charge in [0.25, 0.3) is 0 Å². The lowest BCUT2D eigenvalue weighted by Gasteiger charge is -2.11. The van der Waals surface area contributed by atoms with Gasteiger partial charge in [-0.3, -0.25) is 0 Å². The van der Waals surface area contributed by atoms with Gasteiger partial charge in [0.1, 0.15) is 0 Å². The minimum absolute atomic E-state index is 0.00622. The van der Waals surface area contributed by atoms with Gasteiger partial charge in [-0.05, 0) is 26.7 Å². The Labute approximate surface area is 113 Å². The molecule has 1 rings (SSSR count). The van der Waals surface area contributed by atoms with E-state index in [0.717, 1.165) is 13.0 Å². The van der Waals surface area contributed by atoms with E-state index in [2.05, 4.69) is 32.5 Å². The number of anilines is 2. The Morgan fingerprint density at radius 1 is 1.11 bits per heavy atom. The van der Waals surface area contributed by atoms with Crippen molar-refractivity contribution < 1.29 is 9.84 Å². The van der Waals surface area contributed by atoms with E-state index in [4.69, 9.17) is 9.84 Å². The second-order valence-corrected chi connectivity index (χ2v) is 4.36. The molecule has 7 heteroatoms. The molecule has 0 fully saturated rings. The second-order valence-electron chi connectivity index (χ2n) is 4.36. The molecule has 0 spiro atoms. The first-order chi connectivity index (χ1) is 9.15. The molecule has 0 radical (unpaired) electrons. The zero-order chi connectivity index (χ0) is 14.1. The summed E-state index contributed by atoms with van der Waals surface area (Å²) in [6, 6.07) is 0.301. The van der Waals surface area contributed by atoms with Crippen LogP contribution in [-0.4, -0.2) is 45.9 Å². The third-order valence-electron chi connectivity index (χ3n) is 2.11. The van der Waals surface area contributed by atoms with Crippen LogP contribution in [0.3, 0.4) is 0 Å². The lowest BCUT2D eigenvalue weighted by molar-refractivity contribution is 0.222. The molecule has 0 bridgehead atoms. The normalized spacial score (nSPS) is 10.6. The SMILES string of the molecule is CCCNc1nc(NCCCO)nc(OC(C)C)n1. The first-order valence-corrected chi connectivity index (χ1v) is 6.67. The van der Waals surface area contributed by atoms with Gasteiger partial charge in [0.2, 0.25) is 11.9 Å². The second kappa shape index (κ2) is 8.47. The fourth-order valence-electron chi connectivity index (χ4n) is 1.29. The highest BCUT2D eigenvalue weighted by atomic mass is 16.5. The molecule has 1 aromatic heterocycles. The molecule has 1 aromatic rings. The average molecular weight is 269 g/mol. The molecular weight excluding hydrogens is 246 g/mol. The Morgan fingerprint density at radius 3 is 2.26 bits per heavy atom. The van der Waals surface area contributed by atoms with Crippen molar-refractivity contribution in [3.63, 3.8) is 0 Å². The fourth-order valence-corrected chi connectivity index (χ4v) is 1.29. The molecule has 0 saturated heterocycles. The van der Waals surface area contributed by atoms with Gasteiger partial charge >= 0.3 is 6.01 Å². The summed E-state index contributed by atoms with van der Waals surface area (Å²) in [6.07, 6.45) is 1.63. The van der Waals surface area contributed by atoms with Gasteiger partial charge in [-0.2, -0.15) is 15.0 Å². The van der Waals surface area contributed by atoms with Gasteiger partial charge in [-0.25, -0.2) is 0 Å². The summed E-state index contributed by atoms with van der Waals surface area (Å²) in [5, 5.41) is 14.9. The van der Waals surface area contributed by atoms with Crippen LogP contribution in [-0.2, 0) is 0 Å². The average Bonchev–Trinajstić information content (AvgIpc) is 2.36. The first-order valence-electron chi connectivity index (χ1n) is 6.67. The molecule has 0 atom stereocenters. The number of hydrogen-bond acceptors (Lipinski definition) is 7. The Kier molecular flexibility index (Phi) is 6.88. The summed E-state index contributed by atoms with van der Waals surface area (Å²) < 4.78 is 5.49. The monoisotopic (exact) mass is 269 g/mol. The van der Waals surface area contributed by atoms with Crippen LogP contribution in [0, 0.1) is 0 Å². The highest BCUT2D eigenvalue weighted by molar-refractivity contribution is 5.35. The van der Waals surface area contributed by atoms with Gasteiger partial charge < -0.3 is 20.5 Å². The Morgan fingerprint density at radius 2 is 1.74 bits per heavy atom. The predicted octanol–water partition coefficient (Wildman–Crippen LogP) is 1.27. The molecule has 108 valence electrons. The molecule has 0 aliphatic rings. The van der Waals surface area contributed by atoms with Crippen LogP contribution in [0.25, 0.3) is 0 Å². The van der Waals surface area contributed by atoms with E-state index in [1.165, 1.54) is 0 Å². The smallest absolute Gasteiger partial charge is 0.323 e. The zero-order valence-corrected chi connectivity index (χ0v) is 11.8. The minimum atomic E-state index is 0.00622. The zero-order valence-electron chi connectivity index (χ0n) is 11.8. The van der Waals surface area contributed by atoms with E-state index in [-0.39, 0.29) is 12.7 Å². The Hall–Kier alpha value is -1.63. The fraction of sp³-hybridized carbons (Fsp3) is 0.750. The molecule has 0 saturated carbocycles. The molecule has 0 amide bonds. The molecule has 7 nitrogen and oxygen atoms in total. The van der Waals surface area contributed by atoms with Crippen molar-refractivity contribution in [2.45, 2.75) is 39.7 Å². The maximum Gasteiger partial charge on any atom is 0.323 e. The third-order valence-corrected chi connectivity index (χ3v) is 2.11. The molecule has 3 N–H and O–H groups in total. The van der Waals surface area contributed by atoms with E-state index in [0.29, 0.717) is 30.9 Å². The van der Waals surface area contributed by atoms with Crippen molar-refractivity contribution >= 4 is 11.9 Å². The van der Waals surface area contributed by atoms with Crippen molar-refractivity contribution in [2.24, 2.45) is 0 Å². The van der Waals surface area contributed by atoms with Crippen molar-refractivity contribution in [3.8, 4) is 6.01 Å². The standard InChI is InChI=1S/C12H23N5O2/c1-4-6-13-10-15-11(14-7-5-8-18)17-12(16-10)19-9(2)3/h9,18H,4-8H2,1-3H3,(H2,13,14,15,16,17). The number of aliphatic hydroxyl groups excluding tert-OH is 1. The van der Waals surface area contributed by atoms with E-state index in [1.54, 1.807) is 0 Å². The number of ether oxygens (including phenoxy) is 1. The molecule has 0 unspecified atom stereocenters. The lowest BCUT2D eigenvalue weighted by atomic mass is 10.4. The summed E-state index contributed by atoms with van der Waals surface area (Å²) in [6.45, 7) is 7.44. The summed E-state index contributed by atoms with van der Waals surface area (Å²) in [5.41, 5.74) is 0. The number of hydrogen-bond donors (Lipinski definition) is 3. The first kappa shape index (κ1) is 15.4. The number of rotatable bonds is 9. The van der Waals surface area contributed by atoms with Gasteiger partial charge in [-0.15, -0.1) is 0 Å². The Bertz CT molecular complexity index is 373. The lowest BCUT2D eigenvalue weighted by Crippen LogP contribution is -2.15. The third kappa shape index (κ3) is 6.19. The summed E-state index contributed by atoms with van der Waals surface area (Å²) >= 11 is 0. The van der Waals surface area contributed by atoms with Crippen molar-refractivity contribution in [1.29, 1.82) is 0 Å². The highest BCUT2D eigenvalue weighted by Gasteiger charge is 2.08. The van der Waals surface area contributed by atoms with Crippen LogP contribution in [0.2, 0.25) is 0 Å². The Balaban J connectivity index is 2.75. The molecule has 1 heterocycles. The van der Waals surface area contributed by atoms with Crippen LogP contribution < -0.4 is 15.4 Å². The number of nitrogens with one attached hydrogen (secondary N) is 2. The van der Waals surface area contributed by atoms with Crippen LogP contribution in [0.5, 0.6) is 6.01 Å². The quantitative estimate of drug-likeness (QED) is 0.581. The maximum atomic E-state index is 8.76. The van der Waals surface area contributed by atoms with Gasteiger partial charge in [0.15, 0.2) is 0 Å². The van der Waals surface area contributed by atoms with E-state index in [9.17, 15) is 0 Å². The number of aromatic nitrogens is 3. The molecule has 0 aliphatic heterocycles. The summed E-state index contributed by atoms with van der Waals surface area (Å²) in [5.74, 6) is 0.955. The van der Waals surface area contributed by atoms with Gasteiger partial charge in [0, 0.05) is 19.7 Å². The van der Waals surface area contributed by atoms with E-state index >= 15 is 0 Å². The molecule has 19 heavy (non-hydrogen) atoms. The summed E-state index contributed by atoms with van der Waals surface area (Å²) in [4.78, 5) is 12.6. The van der Waals surface area contributed by atoms with Crippen LogP contribution in [0.4, 0.5) is 11.9 Å². The summed E-state index contributed by atoms with van der Waals surface area (Å²) in [7, 11) is 0. The molecule has 0 aliphatic carbocycles. The molecule has 0 aromatic carbocycles. The number of aliphatic hydroxyl groups is 1. The van der Waals surface area contributed by atoms with E-state index < -0.39 is 0 Å². The van der Waals surface area contributed by atoms with Gasteiger partial charge in [-0.1, -0.05) is 6.92 Å². The highest BCUT2D eigenvalue weighted by Crippen LogP contribution is 2.12. The largest absolute Gasteiger partial charge is 0.461 e. The molecular formula is C12H23N5O2. The van der Waals surface area contributed by atoms with Crippen LogP contribution in [0.15, 0.2) is 0 Å². The van der Waals surface area contributed by atoms with Crippen LogP contribution >= 0.6 is 0 Å². The predicted molar refractivity (Wildman–Crippen MR) is 74.6 cm³/mol. The topological polar surface area (TPSA) is 92.2 Å². The van der Waals surface area contributed by atoms with Crippen LogP contribution in [0.1, 0.15) is 33.6 Å². The minimum Gasteiger partial charge on any atom is -0.461 e. The number of nitrogens with zero attached hydrogens (tertiary/aromatic N) is 3. The van der Waals surface area contributed by atoms with Gasteiger partial charge in [0.05, 0.1) is 6.10 Å². The van der Waals surface area contributed by atoms with E-state index in [1.807, 2.05) is 13.8 Å².